The van der Waals surface area contributed by atoms with E-state index in [4.69, 9.17) is 0 Å². The largest absolute Gasteiger partial charge is 0.507 e. The van der Waals surface area contributed by atoms with Gasteiger partial charge in [-0.15, -0.1) is 11.3 Å². The van der Waals surface area contributed by atoms with Crippen LogP contribution in [0.5, 0.6) is 5.75 Å². The Morgan fingerprint density at radius 3 is 2.95 bits per heavy atom. The lowest BCUT2D eigenvalue weighted by Crippen LogP contribution is -2.29. The van der Waals surface area contributed by atoms with Gasteiger partial charge < -0.3 is 10.0 Å². The summed E-state index contributed by atoms with van der Waals surface area (Å²) in [4.78, 5) is 18.4. The maximum atomic E-state index is 12.6. The Hall–Kier alpha value is -1.88. The zero-order valence-corrected chi connectivity index (χ0v) is 13.5. The molecule has 1 aromatic heterocycles. The first-order chi connectivity index (χ1) is 10.7. The van der Waals surface area contributed by atoms with E-state index in [1.165, 1.54) is 5.56 Å². The van der Waals surface area contributed by atoms with Gasteiger partial charge >= 0.3 is 0 Å². The van der Waals surface area contributed by atoms with Gasteiger partial charge in [-0.3, -0.25) is 4.79 Å². The molecule has 0 spiro atoms. The smallest absolute Gasteiger partial charge is 0.257 e. The van der Waals surface area contributed by atoms with E-state index in [0.717, 1.165) is 42.7 Å². The molecule has 1 amide bonds. The van der Waals surface area contributed by atoms with Crippen molar-refractivity contribution < 1.29 is 9.90 Å². The van der Waals surface area contributed by atoms with Gasteiger partial charge in [-0.2, -0.15) is 0 Å². The molecule has 1 aliphatic rings. The number of carbonyl (C=O) groups is 1. The number of aromatic hydroxyl groups is 1. The molecule has 0 atom stereocenters. The number of amides is 1. The number of likely N-dealkylation sites (N-methyl/N-ethyl adjacent to an activating group) is 1. The standard InChI is InChI=1S/C17H20N2O2S/c1-19(10-8-15-18-9-11-22-15)17(21)14-7-6-12-4-2-3-5-13(12)16(14)20/h6-7,9,11,20H,2-5,8,10H2,1H3. The number of rotatable bonds is 4. The molecule has 4 nitrogen and oxygen atoms in total. The molecule has 1 N–H and O–H groups in total. The number of carbonyl (C=O) groups excluding carboxylic acids is 1. The van der Waals surface area contributed by atoms with Crippen molar-refractivity contribution in [2.45, 2.75) is 32.1 Å². The molecule has 0 saturated carbocycles. The summed E-state index contributed by atoms with van der Waals surface area (Å²) < 4.78 is 0. The molecule has 0 bridgehead atoms. The molecule has 1 aromatic carbocycles. The van der Waals surface area contributed by atoms with Crippen molar-refractivity contribution in [3.8, 4) is 5.75 Å². The van der Waals surface area contributed by atoms with Crippen molar-refractivity contribution in [3.05, 3.63) is 45.4 Å². The Balaban J connectivity index is 1.74. The quantitative estimate of drug-likeness (QED) is 0.943. The Labute approximate surface area is 134 Å². The summed E-state index contributed by atoms with van der Waals surface area (Å²) in [6, 6.07) is 3.76. The fourth-order valence-electron chi connectivity index (χ4n) is 2.93. The summed E-state index contributed by atoms with van der Waals surface area (Å²) >= 11 is 1.60. The third kappa shape index (κ3) is 2.99. The molecule has 2 aromatic rings. The zero-order chi connectivity index (χ0) is 15.5. The summed E-state index contributed by atoms with van der Waals surface area (Å²) in [5, 5.41) is 13.4. The number of phenols is 1. The van der Waals surface area contributed by atoms with Crippen LogP contribution < -0.4 is 0 Å². The third-order valence-electron chi connectivity index (χ3n) is 4.22. The molecular formula is C17H20N2O2S. The minimum atomic E-state index is -0.123. The SMILES string of the molecule is CN(CCc1nccs1)C(=O)c1ccc2c(c1O)CCCC2. The molecule has 0 radical (unpaired) electrons. The van der Waals surface area contributed by atoms with E-state index < -0.39 is 0 Å². The van der Waals surface area contributed by atoms with Gasteiger partial charge in [0.05, 0.1) is 10.6 Å². The second-order valence-electron chi connectivity index (χ2n) is 5.71. The number of phenolic OH excluding ortho intramolecular Hbond substituents is 1. The molecule has 5 heteroatoms. The van der Waals surface area contributed by atoms with E-state index in [9.17, 15) is 9.90 Å². The van der Waals surface area contributed by atoms with Crippen LogP contribution in [0.1, 0.15) is 39.3 Å². The molecule has 0 fully saturated rings. The van der Waals surface area contributed by atoms with Gasteiger partial charge in [0.15, 0.2) is 0 Å². The van der Waals surface area contributed by atoms with Crippen molar-refractivity contribution >= 4 is 17.2 Å². The normalized spacial score (nSPS) is 13.7. The molecule has 22 heavy (non-hydrogen) atoms. The number of aromatic nitrogens is 1. The summed E-state index contributed by atoms with van der Waals surface area (Å²) in [5.74, 6) is 0.0609. The van der Waals surface area contributed by atoms with Gasteiger partial charge in [-0.1, -0.05) is 6.07 Å². The Morgan fingerprint density at radius 2 is 2.18 bits per heavy atom. The lowest BCUT2D eigenvalue weighted by molar-refractivity contribution is 0.0793. The summed E-state index contributed by atoms with van der Waals surface area (Å²) in [5.41, 5.74) is 2.57. The number of hydrogen-bond donors (Lipinski definition) is 1. The predicted octanol–water partition coefficient (Wildman–Crippen LogP) is 3.04. The van der Waals surface area contributed by atoms with Crippen LogP contribution in [0.3, 0.4) is 0 Å². The number of benzene rings is 1. The van der Waals surface area contributed by atoms with Gasteiger partial charge in [0.1, 0.15) is 5.75 Å². The first-order valence-electron chi connectivity index (χ1n) is 7.64. The molecule has 0 aliphatic heterocycles. The van der Waals surface area contributed by atoms with Crippen molar-refractivity contribution in [1.82, 2.24) is 9.88 Å². The average molecular weight is 316 g/mol. The second kappa shape index (κ2) is 6.48. The number of aryl methyl sites for hydroxylation is 1. The van der Waals surface area contributed by atoms with E-state index in [1.54, 1.807) is 35.5 Å². The highest BCUT2D eigenvalue weighted by atomic mass is 32.1. The fraction of sp³-hybridized carbons (Fsp3) is 0.412. The third-order valence-corrected chi connectivity index (χ3v) is 5.06. The maximum Gasteiger partial charge on any atom is 0.257 e. The lowest BCUT2D eigenvalue weighted by Gasteiger charge is -2.21. The Kier molecular flexibility index (Phi) is 4.43. The van der Waals surface area contributed by atoms with Crippen LogP contribution in [0.4, 0.5) is 0 Å². The highest BCUT2D eigenvalue weighted by Gasteiger charge is 2.21. The molecule has 0 saturated heterocycles. The van der Waals surface area contributed by atoms with Crippen LogP contribution in [-0.4, -0.2) is 34.5 Å². The zero-order valence-electron chi connectivity index (χ0n) is 12.7. The second-order valence-corrected chi connectivity index (χ2v) is 6.69. The predicted molar refractivity (Wildman–Crippen MR) is 87.5 cm³/mol. The molecule has 1 heterocycles. The van der Waals surface area contributed by atoms with Crippen LogP contribution in [0.25, 0.3) is 0 Å². The summed E-state index contributed by atoms with van der Waals surface area (Å²) in [6.45, 7) is 0.600. The van der Waals surface area contributed by atoms with Gasteiger partial charge in [-0.05, 0) is 42.9 Å². The number of thiazole rings is 1. The topological polar surface area (TPSA) is 53.4 Å². The lowest BCUT2D eigenvalue weighted by atomic mass is 9.89. The van der Waals surface area contributed by atoms with Crippen LogP contribution in [-0.2, 0) is 19.3 Å². The monoisotopic (exact) mass is 316 g/mol. The minimum Gasteiger partial charge on any atom is -0.507 e. The Morgan fingerprint density at radius 1 is 1.36 bits per heavy atom. The highest BCUT2D eigenvalue weighted by molar-refractivity contribution is 7.09. The maximum absolute atomic E-state index is 12.6. The van der Waals surface area contributed by atoms with Crippen LogP contribution in [0.15, 0.2) is 23.7 Å². The van der Waals surface area contributed by atoms with E-state index in [-0.39, 0.29) is 11.7 Å². The van der Waals surface area contributed by atoms with Crippen molar-refractivity contribution in [2.75, 3.05) is 13.6 Å². The van der Waals surface area contributed by atoms with Crippen molar-refractivity contribution in [2.24, 2.45) is 0 Å². The van der Waals surface area contributed by atoms with E-state index in [1.807, 2.05) is 11.4 Å². The van der Waals surface area contributed by atoms with Gasteiger partial charge in [-0.25, -0.2) is 4.98 Å². The average Bonchev–Trinajstić information content (AvgIpc) is 3.06. The first-order valence-corrected chi connectivity index (χ1v) is 8.52. The number of nitrogens with zero attached hydrogens (tertiary/aromatic N) is 2. The minimum absolute atomic E-state index is 0.123. The number of fused-ring (bicyclic) bond motifs is 1. The number of hydrogen-bond acceptors (Lipinski definition) is 4. The van der Waals surface area contributed by atoms with E-state index in [2.05, 4.69) is 4.98 Å². The van der Waals surface area contributed by atoms with Crippen molar-refractivity contribution in [3.63, 3.8) is 0 Å². The molecular weight excluding hydrogens is 296 g/mol. The summed E-state index contributed by atoms with van der Waals surface area (Å²) in [7, 11) is 1.77. The van der Waals surface area contributed by atoms with Gasteiger partial charge in [0.25, 0.3) is 5.91 Å². The first kappa shape index (κ1) is 15.0. The highest BCUT2D eigenvalue weighted by Crippen LogP contribution is 2.32. The van der Waals surface area contributed by atoms with E-state index >= 15 is 0 Å². The fourth-order valence-corrected chi connectivity index (χ4v) is 3.54. The Bertz CT molecular complexity index is 668. The van der Waals surface area contributed by atoms with Crippen LogP contribution in [0.2, 0.25) is 0 Å². The molecule has 0 unspecified atom stereocenters. The van der Waals surface area contributed by atoms with Gasteiger partial charge in [0.2, 0.25) is 0 Å². The molecule has 1 aliphatic carbocycles. The molecule has 116 valence electrons. The van der Waals surface area contributed by atoms with Crippen molar-refractivity contribution in [1.29, 1.82) is 0 Å². The van der Waals surface area contributed by atoms with Crippen LogP contribution >= 0.6 is 11.3 Å². The van der Waals surface area contributed by atoms with Crippen LogP contribution in [0, 0.1) is 0 Å². The summed E-state index contributed by atoms with van der Waals surface area (Å²) in [6.07, 6.45) is 6.62. The van der Waals surface area contributed by atoms with E-state index in [0.29, 0.717) is 12.1 Å². The van der Waals surface area contributed by atoms with Gasteiger partial charge in [0, 0.05) is 31.6 Å². The molecule has 3 rings (SSSR count).